The molecule has 89 heavy (non-hydrogen) atoms. The number of hydrogen-bond donors (Lipinski definition) is 1. The van der Waals surface area contributed by atoms with E-state index in [4.69, 9.17) is 59.4 Å². The Labute approximate surface area is 525 Å². The van der Waals surface area contributed by atoms with E-state index in [0.29, 0.717) is 83.6 Å². The Morgan fingerprint density at radius 1 is 0.921 bits per heavy atom. The minimum Gasteiger partial charge on any atom is -0.497 e. The average molecular weight is 1250 g/mol. The Balaban J connectivity index is 1.04. The molecule has 2 aromatic heterocycles. The molecule has 4 unspecified atom stereocenters. The lowest BCUT2D eigenvalue weighted by Gasteiger charge is -2.39. The summed E-state index contributed by atoms with van der Waals surface area (Å²) < 4.78 is 49.4. The van der Waals surface area contributed by atoms with Crippen molar-refractivity contribution in [1.82, 2.24) is 34.6 Å². The van der Waals surface area contributed by atoms with Crippen molar-refractivity contribution in [3.63, 3.8) is 0 Å². The van der Waals surface area contributed by atoms with Crippen LogP contribution in [0.2, 0.25) is 5.02 Å². The van der Waals surface area contributed by atoms with Gasteiger partial charge in [0.1, 0.15) is 47.7 Å². The van der Waals surface area contributed by atoms with Gasteiger partial charge in [-0.2, -0.15) is 15.5 Å². The highest BCUT2D eigenvalue weighted by Crippen LogP contribution is 2.51. The number of likely N-dealkylation sites (N-methyl/N-ethyl adjacent to an activating group) is 1. The van der Waals surface area contributed by atoms with Crippen LogP contribution in [0.3, 0.4) is 0 Å². The molecule has 0 radical (unpaired) electrons. The number of nitrogens with zero attached hydrogens (tertiary/aromatic N) is 12. The predicted octanol–water partition coefficient (Wildman–Crippen LogP) is 13.6. The number of nitriles is 1. The number of nitro benzene ring substituents is 1. The number of alkyl carbamates (subject to hydrolysis) is 1. The van der Waals surface area contributed by atoms with Crippen LogP contribution in [-0.2, 0) is 35.3 Å². The van der Waals surface area contributed by atoms with Crippen LogP contribution >= 0.6 is 20.1 Å². The summed E-state index contributed by atoms with van der Waals surface area (Å²) in [5.74, 6) is 2.52. The van der Waals surface area contributed by atoms with Crippen LogP contribution in [0.15, 0.2) is 143 Å². The number of methoxy groups -OCH3 is 2. The largest absolute Gasteiger partial charge is 0.497 e. The molecule has 8 rings (SSSR count). The molecule has 1 aliphatic heterocycles. The maximum absolute atomic E-state index is 13.2. The third-order valence-electron chi connectivity index (χ3n) is 14.9. The van der Waals surface area contributed by atoms with Gasteiger partial charge in [-0.25, -0.2) is 29.1 Å². The van der Waals surface area contributed by atoms with Crippen LogP contribution in [0.4, 0.5) is 33.4 Å². The number of non-ortho nitro benzene ring substituents is 1. The van der Waals surface area contributed by atoms with Gasteiger partial charge in [-0.15, -0.1) is 5.11 Å². The first-order valence-corrected chi connectivity index (χ1v) is 30.9. The molecule has 7 aromatic rings. The predicted molar refractivity (Wildman–Crippen MR) is 343 cm³/mol. The van der Waals surface area contributed by atoms with Crippen molar-refractivity contribution in [3.05, 3.63) is 165 Å². The Kier molecular flexibility index (Phi) is 23.9. The molecule has 25 heteroatoms. The molecule has 1 aliphatic rings. The van der Waals surface area contributed by atoms with E-state index in [2.05, 4.69) is 63.9 Å². The van der Waals surface area contributed by atoms with Crippen LogP contribution in [0.25, 0.3) is 11.0 Å². The van der Waals surface area contributed by atoms with Crippen LogP contribution in [-0.4, -0.2) is 138 Å². The van der Waals surface area contributed by atoms with Crippen LogP contribution in [0.1, 0.15) is 89.4 Å². The van der Waals surface area contributed by atoms with Crippen molar-refractivity contribution >= 4 is 71.7 Å². The van der Waals surface area contributed by atoms with E-state index < -0.39 is 43.6 Å². The lowest BCUT2D eigenvalue weighted by molar-refractivity contribution is -0.384. The fourth-order valence-electron chi connectivity index (χ4n) is 10.3. The van der Waals surface area contributed by atoms with E-state index in [-0.39, 0.29) is 55.6 Å². The number of azo groups is 1. The number of amidine groups is 1. The second-order valence-electron chi connectivity index (χ2n) is 21.6. The molecule has 4 atom stereocenters. The fraction of sp³-hybridized carbons (Fsp3) is 0.406. The van der Waals surface area contributed by atoms with Gasteiger partial charge in [0.25, 0.3) is 14.2 Å². The molecule has 1 N–H and O–H groups in total. The standard InChI is InChI=1S/C64H77ClN13O10P/c1-11-75(50-26-24-49(25-27-50)71-72-55-33-28-51(78(80)81)39-54(55)65)36-38-84-63(79)67-35-15-19-56-60-61(70-45(6)74(7)8)68-42-69-62(60)76(73-56)59-40-57(88-89(86-37-16-34-66)77(43(2)3)44(4)5)58(87-59)41-85-64(46-17-13-12-14-18-46,47-20-29-52(82-9)30-21-47)48-22-31-53(83-10)32-23-48/h12-14,17-18,20-33,39,42-44,57-59H,11,15-16,19,35-38,40-41H2,1-10H3,(H,67,79)/b70-45-,72-71?. The highest BCUT2D eigenvalue weighted by atomic mass is 35.5. The van der Waals surface area contributed by atoms with Crippen molar-refractivity contribution in [2.45, 2.75) is 103 Å². The number of hydrogen-bond acceptors (Lipinski definition) is 19. The zero-order valence-corrected chi connectivity index (χ0v) is 53.5. The summed E-state index contributed by atoms with van der Waals surface area (Å²) in [6.45, 7) is 13.9. The first-order chi connectivity index (χ1) is 43.0. The summed E-state index contributed by atoms with van der Waals surface area (Å²) in [6.07, 6.45) is 0.184. The van der Waals surface area contributed by atoms with E-state index in [9.17, 15) is 20.2 Å². The topological polar surface area (TPSA) is 251 Å². The van der Waals surface area contributed by atoms with E-state index >= 15 is 0 Å². The van der Waals surface area contributed by atoms with Gasteiger partial charge in [-0.05, 0) is 126 Å². The zero-order chi connectivity index (χ0) is 63.6. The van der Waals surface area contributed by atoms with Gasteiger partial charge < -0.3 is 47.8 Å². The van der Waals surface area contributed by atoms with E-state index in [1.54, 1.807) is 31.0 Å². The molecule has 1 saturated heterocycles. The lowest BCUT2D eigenvalue weighted by atomic mass is 9.80. The van der Waals surface area contributed by atoms with Crippen molar-refractivity contribution in [1.29, 1.82) is 5.26 Å². The van der Waals surface area contributed by atoms with Gasteiger partial charge in [-0.1, -0.05) is 66.2 Å². The molecule has 0 spiro atoms. The van der Waals surface area contributed by atoms with Crippen LogP contribution in [0, 0.1) is 21.4 Å². The van der Waals surface area contributed by atoms with E-state index in [1.807, 2.05) is 124 Å². The number of aryl methyl sites for hydroxylation is 1. The van der Waals surface area contributed by atoms with E-state index in [1.165, 1.54) is 24.5 Å². The van der Waals surface area contributed by atoms with Crippen LogP contribution < -0.4 is 19.7 Å². The molecule has 0 bridgehead atoms. The quantitative estimate of drug-likeness (QED) is 0.00642. The number of ether oxygens (including phenoxy) is 5. The molecule has 1 fully saturated rings. The minimum absolute atomic E-state index is 0.0243. The van der Waals surface area contributed by atoms with Gasteiger partial charge >= 0.3 is 6.09 Å². The maximum Gasteiger partial charge on any atom is 0.407 e. The summed E-state index contributed by atoms with van der Waals surface area (Å²) in [7, 11) is 5.35. The third-order valence-corrected chi connectivity index (χ3v) is 17.4. The number of aliphatic imine (C=N–C) groups is 1. The molecule has 470 valence electrons. The van der Waals surface area contributed by atoms with Gasteiger partial charge in [0.2, 0.25) is 0 Å². The van der Waals surface area contributed by atoms with Gasteiger partial charge in [0.05, 0.1) is 79.3 Å². The molecular formula is C64H77ClN13O10P. The Morgan fingerprint density at radius 2 is 1.58 bits per heavy atom. The fourth-order valence-corrected chi connectivity index (χ4v) is 12.3. The summed E-state index contributed by atoms with van der Waals surface area (Å²) in [5, 5.41) is 38.0. The second kappa shape index (κ2) is 31.8. The van der Waals surface area contributed by atoms with Gasteiger partial charge in [0, 0.05) is 63.5 Å². The second-order valence-corrected chi connectivity index (χ2v) is 23.4. The lowest BCUT2D eigenvalue weighted by Crippen LogP contribution is -2.39. The Hall–Kier alpha value is -8.20. The van der Waals surface area contributed by atoms with Gasteiger partial charge in [0.15, 0.2) is 17.7 Å². The number of benzene rings is 5. The number of carbonyl (C=O) groups is 1. The summed E-state index contributed by atoms with van der Waals surface area (Å²) in [4.78, 5) is 42.2. The van der Waals surface area contributed by atoms with Crippen LogP contribution in [0.5, 0.6) is 11.5 Å². The molecule has 0 saturated carbocycles. The SMILES string of the molecule is CCN(CCOC(=O)NCCCc1nn(C2CC(OP(OCCC#N)N(C(C)C)C(C)C)C(COC(c3ccccc3)(c3ccc(OC)cc3)c3ccc(OC)cc3)O2)c2ncnc(/N=C(/C)N(C)C)c12)c1ccc(N=Nc2ccc([N+](=O)[O-])cc2Cl)cc1. The Bertz CT molecular complexity index is 3500. The molecular weight excluding hydrogens is 1180 g/mol. The van der Waals surface area contributed by atoms with Crippen molar-refractivity contribution in [2.75, 3.05) is 72.7 Å². The van der Waals surface area contributed by atoms with Crippen molar-refractivity contribution < 1.29 is 42.4 Å². The molecule has 3 heterocycles. The third kappa shape index (κ3) is 16.8. The number of aromatic nitrogens is 4. The number of anilines is 1. The first kappa shape index (κ1) is 66.7. The molecule has 23 nitrogen and oxygen atoms in total. The average Bonchev–Trinajstić information content (AvgIpc) is 2.31. The smallest absolute Gasteiger partial charge is 0.407 e. The number of rotatable bonds is 30. The number of halogens is 1. The number of amides is 1. The summed E-state index contributed by atoms with van der Waals surface area (Å²) in [6, 6.07) is 39.4. The normalized spacial score (nSPS) is 15.7. The monoisotopic (exact) mass is 1250 g/mol. The summed E-state index contributed by atoms with van der Waals surface area (Å²) >= 11 is 6.20. The molecule has 0 aliphatic carbocycles. The zero-order valence-electron chi connectivity index (χ0n) is 51.9. The highest BCUT2D eigenvalue weighted by molar-refractivity contribution is 7.44. The number of nitrogens with one attached hydrogen (secondary N) is 1. The first-order valence-electron chi connectivity index (χ1n) is 29.4. The van der Waals surface area contributed by atoms with Crippen molar-refractivity contribution in [3.8, 4) is 17.6 Å². The molecule has 1 amide bonds. The highest BCUT2D eigenvalue weighted by Gasteiger charge is 2.46. The Morgan fingerprint density at radius 3 is 2.18 bits per heavy atom. The number of carbonyl (C=O) groups excluding carboxylic acids is 1. The van der Waals surface area contributed by atoms with E-state index in [0.717, 1.165) is 22.4 Å². The molecule has 5 aromatic carbocycles. The number of nitro groups is 1. The maximum atomic E-state index is 13.2. The summed E-state index contributed by atoms with van der Waals surface area (Å²) in [5.41, 5.74) is 4.13. The minimum atomic E-state index is -1.75. The van der Waals surface area contributed by atoms with Gasteiger partial charge in [-0.3, -0.25) is 10.1 Å². The number of fused-ring (bicyclic) bond motifs is 1. The van der Waals surface area contributed by atoms with Crippen molar-refractivity contribution in [2.24, 2.45) is 15.2 Å².